The van der Waals surface area contributed by atoms with Gasteiger partial charge in [-0.3, -0.25) is 9.59 Å². The lowest BCUT2D eigenvalue weighted by Gasteiger charge is -2.45. The van der Waals surface area contributed by atoms with Crippen LogP contribution in [0.15, 0.2) is 121 Å². The van der Waals surface area contributed by atoms with Crippen LogP contribution in [0.4, 0.5) is 17.1 Å². The Balaban J connectivity index is 0.981. The normalized spacial score (nSPS) is 25.1. The zero-order valence-electron chi connectivity index (χ0n) is 30.4. The molecule has 1 aliphatic heterocycles. The van der Waals surface area contributed by atoms with Crippen molar-refractivity contribution in [2.24, 2.45) is 23.7 Å². The van der Waals surface area contributed by atoms with E-state index in [-0.39, 0.29) is 22.6 Å². The number of benzene rings is 6. The highest BCUT2D eigenvalue weighted by Crippen LogP contribution is 2.58. The first-order valence-corrected chi connectivity index (χ1v) is 19.7. The molecule has 12 rings (SSSR count). The number of anilines is 3. The van der Waals surface area contributed by atoms with Gasteiger partial charge in [-0.2, -0.15) is 0 Å². The van der Waals surface area contributed by atoms with E-state index >= 15 is 0 Å². The number of rotatable bonds is 3. The number of hydrogen-bond acceptors (Lipinski definition) is 3. The summed E-state index contributed by atoms with van der Waals surface area (Å²) in [5, 5.41) is 4.22. The Labute approximate surface area is 311 Å². The van der Waals surface area contributed by atoms with Crippen molar-refractivity contribution in [2.75, 3.05) is 4.90 Å². The van der Waals surface area contributed by atoms with Gasteiger partial charge in [0.25, 0.3) is 0 Å². The van der Waals surface area contributed by atoms with Gasteiger partial charge < -0.3 is 4.90 Å². The molecule has 6 aromatic carbocycles. The van der Waals surface area contributed by atoms with Crippen molar-refractivity contribution in [2.45, 2.75) is 63.7 Å². The average molecular weight is 690 g/mol. The molecule has 0 amide bonds. The van der Waals surface area contributed by atoms with Crippen LogP contribution in [0.5, 0.6) is 0 Å². The first-order chi connectivity index (χ1) is 25.8. The second kappa shape index (κ2) is 11.4. The summed E-state index contributed by atoms with van der Waals surface area (Å²) in [6.45, 7) is 4.68. The number of carbonyl (C=O) groups excluding carboxylic acids is 2. The Kier molecular flexibility index (Phi) is 6.70. The van der Waals surface area contributed by atoms with Gasteiger partial charge in [0.05, 0.1) is 16.9 Å². The van der Waals surface area contributed by atoms with Gasteiger partial charge in [0, 0.05) is 22.2 Å². The van der Waals surface area contributed by atoms with Crippen molar-refractivity contribution in [3.63, 3.8) is 0 Å². The fourth-order valence-electron chi connectivity index (χ4n) is 11.8. The molecule has 0 N–H and O–H groups in total. The molecule has 6 aromatic rings. The van der Waals surface area contributed by atoms with Crippen LogP contribution >= 0.6 is 0 Å². The molecule has 5 aliphatic carbocycles. The fourth-order valence-corrected chi connectivity index (χ4v) is 11.8. The Morgan fingerprint density at radius 3 is 2.09 bits per heavy atom. The highest BCUT2D eigenvalue weighted by atomic mass is 16.2. The Bertz CT molecular complexity index is 2510. The maximum absolute atomic E-state index is 13.6. The molecule has 53 heavy (non-hydrogen) atoms. The summed E-state index contributed by atoms with van der Waals surface area (Å²) < 4.78 is 0. The molecule has 0 aromatic heterocycles. The van der Waals surface area contributed by atoms with Crippen LogP contribution in [0.25, 0.3) is 27.6 Å². The summed E-state index contributed by atoms with van der Waals surface area (Å²) in [6.07, 6.45) is 10.4. The Morgan fingerprint density at radius 2 is 1.32 bits per heavy atom. The molecule has 260 valence electrons. The molecule has 3 nitrogen and oxygen atoms in total. The van der Waals surface area contributed by atoms with E-state index in [1.165, 1.54) is 72.1 Å². The molecule has 4 fully saturated rings. The summed E-state index contributed by atoms with van der Waals surface area (Å²) in [7, 11) is 0. The molecule has 1 heterocycles. The summed E-state index contributed by atoms with van der Waals surface area (Å²) in [5.74, 6) is 3.96. The van der Waals surface area contributed by atoms with Gasteiger partial charge in [0.1, 0.15) is 0 Å². The van der Waals surface area contributed by atoms with Crippen LogP contribution in [-0.2, 0) is 5.41 Å². The first kappa shape index (κ1) is 31.3. The smallest absolute Gasteiger partial charge is 0.197 e. The molecule has 6 aliphatic rings. The predicted molar refractivity (Wildman–Crippen MR) is 216 cm³/mol. The minimum Gasteiger partial charge on any atom is -0.310 e. The number of para-hydroxylation sites is 1. The summed E-state index contributed by atoms with van der Waals surface area (Å²) >= 11 is 0. The van der Waals surface area contributed by atoms with Crippen molar-refractivity contribution >= 4 is 56.2 Å². The molecule has 4 saturated carbocycles. The van der Waals surface area contributed by atoms with Crippen LogP contribution in [0.1, 0.15) is 101 Å². The van der Waals surface area contributed by atoms with E-state index in [1.807, 2.05) is 36.4 Å². The van der Waals surface area contributed by atoms with Crippen LogP contribution in [0, 0.1) is 23.7 Å². The number of Topliss-reactive ketones (excluding diaryl/α,β-unsaturated/α-hetero) is 2. The van der Waals surface area contributed by atoms with Gasteiger partial charge in [0.2, 0.25) is 0 Å². The molecule has 0 radical (unpaired) electrons. The number of hydrogen-bond donors (Lipinski definition) is 0. The molecular formula is C50H43NO2. The fraction of sp³-hybridized carbons (Fsp3) is 0.280. The molecule has 5 atom stereocenters. The zero-order valence-corrected chi connectivity index (χ0v) is 30.4. The highest BCUT2D eigenvalue weighted by Gasteiger charge is 2.46. The van der Waals surface area contributed by atoms with Crippen LogP contribution < -0.4 is 4.90 Å². The van der Waals surface area contributed by atoms with E-state index in [0.29, 0.717) is 17.0 Å². The number of fused-ring (bicyclic) bond motifs is 7. The third kappa shape index (κ3) is 4.65. The largest absolute Gasteiger partial charge is 0.310 e. The van der Waals surface area contributed by atoms with Gasteiger partial charge in [-0.05, 0) is 154 Å². The lowest BCUT2D eigenvalue weighted by molar-refractivity contribution is 0.0990. The van der Waals surface area contributed by atoms with E-state index < -0.39 is 0 Å². The molecule has 0 spiro atoms. The second-order valence-corrected chi connectivity index (χ2v) is 17.3. The number of carbonyl (C=O) groups is 2. The highest BCUT2D eigenvalue weighted by molar-refractivity contribution is 6.42. The summed E-state index contributed by atoms with van der Waals surface area (Å²) in [6, 6.07) is 41.0. The average Bonchev–Trinajstić information content (AvgIpc) is 3.25. The Morgan fingerprint density at radius 1 is 0.623 bits per heavy atom. The third-order valence-corrected chi connectivity index (χ3v) is 14.0. The van der Waals surface area contributed by atoms with Crippen molar-refractivity contribution in [3.8, 4) is 0 Å². The lowest BCUT2D eigenvalue weighted by Crippen LogP contribution is -2.33. The lowest BCUT2D eigenvalue weighted by atomic mass is 9.60. The minimum atomic E-state index is -0.248. The van der Waals surface area contributed by atoms with E-state index in [0.717, 1.165) is 45.4 Å². The second-order valence-electron chi connectivity index (χ2n) is 17.3. The van der Waals surface area contributed by atoms with Crippen molar-refractivity contribution in [3.05, 3.63) is 154 Å². The summed E-state index contributed by atoms with van der Waals surface area (Å²) in [4.78, 5) is 29.6. The molecule has 4 bridgehead atoms. The number of nitrogens with zero attached hydrogens (tertiary/aromatic N) is 1. The van der Waals surface area contributed by atoms with Gasteiger partial charge >= 0.3 is 0 Å². The number of ketones is 2. The maximum Gasteiger partial charge on any atom is 0.197 e. The monoisotopic (exact) mass is 689 g/mol. The van der Waals surface area contributed by atoms with Gasteiger partial charge in [-0.15, -0.1) is 0 Å². The minimum absolute atomic E-state index is 0.195. The first-order valence-electron chi connectivity index (χ1n) is 19.7. The van der Waals surface area contributed by atoms with Gasteiger partial charge in [0.15, 0.2) is 11.6 Å². The van der Waals surface area contributed by atoms with E-state index in [9.17, 15) is 9.59 Å². The maximum atomic E-state index is 13.6. The van der Waals surface area contributed by atoms with Gasteiger partial charge in [-0.25, -0.2) is 0 Å². The standard InChI is InChI=1S/C50H43NO2/c1-50(2)43-9-5-6-10-44(43)51(38-17-14-32(15-18-38)46-36-13-11-29-21-31(24-36)25-37(46)23-29)45-20-16-35-22-30(12-19-39(35)47(45)50)26-42-48(52)40-27-33-7-3-4-8-34(33)28-41(40)49(42)53/h3-10,12,14-20,22,26-29,31,36-37,46H,11,13,21,23-25H2,1-2H3. The SMILES string of the molecule is CC1(C)c2ccccc2N(c2ccc(C3C4CCC5CC(C4)CC3C5)cc2)c2ccc3cc(C=C4C(=O)c5cc6ccccc6cc5C4=O)ccc3c21. The van der Waals surface area contributed by atoms with E-state index in [1.54, 1.807) is 11.6 Å². The van der Waals surface area contributed by atoms with Crippen LogP contribution in [-0.4, -0.2) is 11.6 Å². The third-order valence-electron chi connectivity index (χ3n) is 14.0. The molecule has 5 unspecified atom stereocenters. The van der Waals surface area contributed by atoms with Crippen molar-refractivity contribution < 1.29 is 9.59 Å². The van der Waals surface area contributed by atoms with Crippen LogP contribution in [0.2, 0.25) is 0 Å². The molecular weight excluding hydrogens is 647 g/mol. The van der Waals surface area contributed by atoms with Crippen molar-refractivity contribution in [1.82, 2.24) is 0 Å². The Hall–Kier alpha value is -5.28. The number of allylic oxidation sites excluding steroid dienone is 1. The quantitative estimate of drug-likeness (QED) is 0.137. The predicted octanol–water partition coefficient (Wildman–Crippen LogP) is 12.5. The summed E-state index contributed by atoms with van der Waals surface area (Å²) in [5.41, 5.74) is 9.62. The topological polar surface area (TPSA) is 37.4 Å². The molecule has 0 saturated heterocycles. The van der Waals surface area contributed by atoms with Gasteiger partial charge in [-0.1, -0.05) is 93.1 Å². The van der Waals surface area contributed by atoms with Crippen LogP contribution in [0.3, 0.4) is 0 Å². The zero-order chi connectivity index (χ0) is 35.6. The van der Waals surface area contributed by atoms with Crippen molar-refractivity contribution in [1.29, 1.82) is 0 Å². The van der Waals surface area contributed by atoms with E-state index in [4.69, 9.17) is 0 Å². The van der Waals surface area contributed by atoms with E-state index in [2.05, 4.69) is 97.6 Å². The molecule has 3 heteroatoms.